The van der Waals surface area contributed by atoms with Crippen molar-refractivity contribution in [3.05, 3.63) is 190 Å². The van der Waals surface area contributed by atoms with E-state index in [0.29, 0.717) is 23.8 Å². The van der Waals surface area contributed by atoms with Gasteiger partial charge in [-0.05, 0) is 144 Å². The van der Waals surface area contributed by atoms with Gasteiger partial charge >= 0.3 is 0 Å². The minimum atomic E-state index is 0.579. The second-order valence-corrected chi connectivity index (χ2v) is 37.4. The second kappa shape index (κ2) is 72.2. The van der Waals surface area contributed by atoms with Crippen molar-refractivity contribution in [2.75, 3.05) is 83.5 Å². The highest BCUT2D eigenvalue weighted by atomic mass is 16.5. The van der Waals surface area contributed by atoms with E-state index >= 15 is 0 Å². The summed E-state index contributed by atoms with van der Waals surface area (Å²) in [4.78, 5) is 35.6. The molecule has 0 atom stereocenters. The molecule has 0 spiro atoms. The number of rotatable bonds is 81. The molecule has 0 saturated heterocycles. The Labute approximate surface area is 803 Å². The van der Waals surface area contributed by atoms with Gasteiger partial charge in [0.2, 0.25) is 35.7 Å². The van der Waals surface area contributed by atoms with Gasteiger partial charge in [-0.1, -0.05) is 483 Å². The molecular formula is C118H178N12O2. The highest BCUT2D eigenvalue weighted by Crippen LogP contribution is 2.28. The van der Waals surface area contributed by atoms with E-state index in [9.17, 15) is 0 Å². The van der Waals surface area contributed by atoms with Crippen LogP contribution in [0.25, 0.3) is 48.6 Å². The van der Waals surface area contributed by atoms with Crippen LogP contribution in [0.2, 0.25) is 0 Å². The first-order chi connectivity index (χ1) is 65.3. The Morgan fingerprint density at radius 2 is 0.394 bits per heavy atom. The Kier molecular flexibility index (Phi) is 59.1. The highest BCUT2D eigenvalue weighted by Gasteiger charge is 2.18. The van der Waals surface area contributed by atoms with E-state index in [1.54, 1.807) is 0 Å². The molecule has 6 aromatic carbocycles. The Bertz CT molecular complexity index is 3950. The minimum Gasteiger partial charge on any atom is -0.494 e. The lowest BCUT2D eigenvalue weighted by Gasteiger charge is -2.24. The topological polar surface area (TPSA) is 150 Å². The molecule has 0 fully saturated rings. The predicted octanol–water partition coefficient (Wildman–Crippen LogP) is 35.3. The lowest BCUT2D eigenvalue weighted by molar-refractivity contribution is 0.304. The molecule has 132 heavy (non-hydrogen) atoms. The molecule has 14 nitrogen and oxygen atoms in total. The van der Waals surface area contributed by atoms with Crippen LogP contribution in [0.4, 0.5) is 47.1 Å². The van der Waals surface area contributed by atoms with Gasteiger partial charge in [-0.2, -0.15) is 29.9 Å². The summed E-state index contributed by atoms with van der Waals surface area (Å²) >= 11 is 0. The first-order valence-corrected chi connectivity index (χ1v) is 53.9. The maximum Gasteiger partial charge on any atom is 0.233 e. The average molecular weight is 1800 g/mol. The van der Waals surface area contributed by atoms with Crippen molar-refractivity contribution < 1.29 is 9.47 Å². The largest absolute Gasteiger partial charge is 0.494 e. The quantitative estimate of drug-likeness (QED) is 0.0211. The van der Waals surface area contributed by atoms with Crippen LogP contribution < -0.4 is 40.5 Å². The zero-order valence-electron chi connectivity index (χ0n) is 83.7. The average Bonchev–Trinajstić information content (AvgIpc) is 0.835. The minimum absolute atomic E-state index is 0.579. The summed E-state index contributed by atoms with van der Waals surface area (Å²) in [5.74, 6) is 5.89. The highest BCUT2D eigenvalue weighted by molar-refractivity contribution is 5.76. The van der Waals surface area contributed by atoms with E-state index in [1.165, 1.54) is 306 Å². The molecule has 8 rings (SSSR count). The Morgan fingerprint density at radius 1 is 0.205 bits per heavy atom. The van der Waals surface area contributed by atoms with Crippen molar-refractivity contribution in [3.63, 3.8) is 0 Å². The summed E-state index contributed by atoms with van der Waals surface area (Å²) in [6.45, 7) is 20.8. The van der Waals surface area contributed by atoms with Crippen molar-refractivity contribution in [1.29, 1.82) is 0 Å². The molecule has 14 heteroatoms. The number of anilines is 8. The van der Waals surface area contributed by atoms with Crippen LogP contribution in [-0.2, 0) is 0 Å². The predicted molar refractivity (Wildman–Crippen MR) is 576 cm³/mol. The summed E-state index contributed by atoms with van der Waals surface area (Å²) < 4.78 is 12.2. The van der Waals surface area contributed by atoms with E-state index in [-0.39, 0.29) is 0 Å². The fraction of sp³-hybridized carbons (Fsp3) is 0.576. The van der Waals surface area contributed by atoms with Gasteiger partial charge < -0.3 is 40.5 Å². The zero-order chi connectivity index (χ0) is 92.5. The van der Waals surface area contributed by atoms with Crippen LogP contribution >= 0.6 is 0 Å². The number of hydrogen-bond donors (Lipinski definition) is 4. The van der Waals surface area contributed by atoms with Gasteiger partial charge in [0.25, 0.3) is 0 Å². The van der Waals surface area contributed by atoms with Crippen molar-refractivity contribution in [1.82, 2.24) is 29.9 Å². The number of hydrogen-bond acceptors (Lipinski definition) is 14. The summed E-state index contributed by atoms with van der Waals surface area (Å²) in [7, 11) is 0. The number of aromatic nitrogens is 6. The fourth-order valence-electron chi connectivity index (χ4n) is 17.0. The number of benzene rings is 6. The number of nitrogens with one attached hydrogen (secondary N) is 4. The Morgan fingerprint density at radius 3 is 0.629 bits per heavy atom. The molecule has 0 aliphatic carbocycles. The summed E-state index contributed by atoms with van der Waals surface area (Å²) in [6.07, 6.45) is 86.2. The first-order valence-electron chi connectivity index (χ1n) is 53.9. The zero-order valence-corrected chi connectivity index (χ0v) is 83.7. The third kappa shape index (κ3) is 50.2. The van der Waals surface area contributed by atoms with Crippen molar-refractivity contribution in [3.8, 4) is 11.5 Å². The molecule has 0 unspecified atom stereocenters. The Hall–Kier alpha value is -9.30. The van der Waals surface area contributed by atoms with Crippen LogP contribution in [0, 0.1) is 0 Å². The van der Waals surface area contributed by atoms with E-state index in [4.69, 9.17) is 39.4 Å². The molecule has 0 saturated carbocycles. The molecule has 2 heterocycles. The van der Waals surface area contributed by atoms with Crippen LogP contribution in [0.15, 0.2) is 146 Å². The first kappa shape index (κ1) is 108. The number of unbranched alkanes of at least 4 members (excludes halogenated alkanes) is 47. The summed E-state index contributed by atoms with van der Waals surface area (Å²) in [6, 6.07) is 51.6. The van der Waals surface area contributed by atoms with Crippen LogP contribution in [0.5, 0.6) is 11.5 Å². The van der Waals surface area contributed by atoms with E-state index < -0.39 is 0 Å². The molecule has 0 bridgehead atoms. The smallest absolute Gasteiger partial charge is 0.233 e. The van der Waals surface area contributed by atoms with Gasteiger partial charge in [0.15, 0.2) is 0 Å². The Balaban J connectivity index is 0.780. The van der Waals surface area contributed by atoms with E-state index in [1.807, 2.05) is 0 Å². The number of nitrogens with zero attached hydrogens (tertiary/aromatic N) is 8. The third-order valence-electron chi connectivity index (χ3n) is 25.5. The van der Waals surface area contributed by atoms with Crippen LogP contribution in [-0.4, -0.2) is 82.4 Å². The normalized spacial score (nSPS) is 11.7. The van der Waals surface area contributed by atoms with Gasteiger partial charge in [0.1, 0.15) is 11.5 Å². The van der Waals surface area contributed by atoms with E-state index in [0.717, 1.165) is 172 Å². The van der Waals surface area contributed by atoms with Crippen LogP contribution in [0.1, 0.15) is 433 Å². The monoisotopic (exact) mass is 1800 g/mol. The molecule has 8 aromatic rings. The van der Waals surface area contributed by atoms with Gasteiger partial charge in [0, 0.05) is 50.6 Å². The van der Waals surface area contributed by atoms with Crippen molar-refractivity contribution in [2.45, 2.75) is 388 Å². The number of ether oxygens (including phenoxy) is 2. The van der Waals surface area contributed by atoms with E-state index in [2.05, 4.69) is 267 Å². The van der Waals surface area contributed by atoms with Crippen LogP contribution in [0.3, 0.4) is 0 Å². The van der Waals surface area contributed by atoms with Gasteiger partial charge in [0.05, 0.1) is 13.2 Å². The standard InChI is InChI=1S/C118H178N12O2/c1-7-13-19-25-31-33-39-43-51-59-99-131-111-89-81-107(82-90-111)75-71-103-65-61-101(62-66-103)69-73-105-77-85-109(86-78-105)121-115-123-113(125-117(127-115)129(95-55-47-27-21-15-9-3)96-56-48-28-22-16-10-4)119-93-53-45-41-37-35-36-38-42-46-54-94-120-114-124-116(128-118(126-114)130(97-57-49-29-23-17-11-5)98-58-50-30-24-18-12-6)122-110-87-79-106(80-88-110)74-70-102-63-67-104(68-64-102)72-76-108-83-91-112(92-84-108)132-100-60-52-44-40-34-32-26-20-14-8-2/h61-92H,7-60,93-100H2,1-6H3,(H2,119,121,123,125,127)(H2,120,122,124,126,128)/b73-69-,74-70+,75-71+,76-72+. The van der Waals surface area contributed by atoms with Gasteiger partial charge in [-0.25, -0.2) is 0 Å². The molecule has 722 valence electrons. The summed E-state index contributed by atoms with van der Waals surface area (Å²) in [5, 5.41) is 14.5. The third-order valence-corrected chi connectivity index (χ3v) is 25.5. The van der Waals surface area contributed by atoms with Gasteiger partial charge in [-0.3, -0.25) is 0 Å². The lowest BCUT2D eigenvalue weighted by Crippen LogP contribution is -2.28. The fourth-order valence-corrected chi connectivity index (χ4v) is 17.0. The molecule has 0 amide bonds. The molecule has 2 aromatic heterocycles. The maximum atomic E-state index is 6.08. The molecule has 4 N–H and O–H groups in total. The molecular weight excluding hydrogens is 1620 g/mol. The summed E-state index contributed by atoms with van der Waals surface area (Å²) in [5.41, 5.74) is 11.1. The molecule has 0 aliphatic heterocycles. The SMILES string of the molecule is CCCCCCCCCCCCOc1ccc(/C=C/c2ccc(/C=C\c3ccc(Nc4nc(NCCCCCCCCCCCCNc5nc(Nc6ccc(/C=C/c7ccc(/C=C/c8ccc(OCCCCCCCCCCCC)cc8)cc7)cc6)nc(N(CCCCCCCC)CCCCCCCC)n5)nc(N(CCCCCCCC)CCCCCCCC)n4)cc3)cc2)cc1. The second-order valence-electron chi connectivity index (χ2n) is 37.4. The maximum absolute atomic E-state index is 6.08. The molecule has 0 radical (unpaired) electrons. The molecule has 0 aliphatic rings. The van der Waals surface area contributed by atoms with Crippen molar-refractivity contribution in [2.24, 2.45) is 0 Å². The van der Waals surface area contributed by atoms with Gasteiger partial charge in [-0.15, -0.1) is 0 Å². The van der Waals surface area contributed by atoms with Crippen molar-refractivity contribution >= 4 is 95.7 Å². The lowest BCUT2D eigenvalue weighted by atomic mass is 10.1.